The number of ether oxygens (including phenoxy) is 2. The molecule has 0 radical (unpaired) electrons. The fourth-order valence-corrected chi connectivity index (χ4v) is 6.11. The number of imidazole rings is 2. The molecule has 0 saturated carbocycles. The van der Waals surface area contributed by atoms with Gasteiger partial charge in [0.05, 0.1) is 32.2 Å². The van der Waals surface area contributed by atoms with Gasteiger partial charge in [-0.3, -0.25) is 18.5 Å². The van der Waals surface area contributed by atoms with Crippen molar-refractivity contribution in [3.05, 3.63) is 35.7 Å². The van der Waals surface area contributed by atoms with Crippen molar-refractivity contribution in [1.29, 1.82) is 0 Å². The lowest BCUT2D eigenvalue weighted by Gasteiger charge is -2.26. The van der Waals surface area contributed by atoms with Gasteiger partial charge in [-0.05, 0) is 11.8 Å². The summed E-state index contributed by atoms with van der Waals surface area (Å²) in [5.41, 5.74) is 5.53. The Morgan fingerprint density at radius 3 is 2.49 bits per heavy atom. The number of rotatable bonds is 8. The summed E-state index contributed by atoms with van der Waals surface area (Å²) in [5, 5.41) is 20.0. The summed E-state index contributed by atoms with van der Waals surface area (Å²) in [6.45, 7) is -5.69. The van der Waals surface area contributed by atoms with Crippen molar-refractivity contribution in [2.45, 2.75) is 49.2 Å². The van der Waals surface area contributed by atoms with E-state index in [2.05, 4.69) is 29.9 Å². The molecule has 21 heteroatoms. The number of aromatic nitrogens is 8. The summed E-state index contributed by atoms with van der Waals surface area (Å²) in [5.74, 6) is 0.0655. The average Bonchev–Trinajstić information content (AvgIpc) is 3.70. The van der Waals surface area contributed by atoms with Crippen LogP contribution in [-0.2, 0) is 30.3 Å². The molecule has 2 saturated heterocycles. The molecular weight excluding hydrogens is 595 g/mol. The average molecular weight is 617 g/mol. The van der Waals surface area contributed by atoms with Gasteiger partial charge in [0.1, 0.15) is 36.3 Å². The maximum atomic E-state index is 15.3. The van der Waals surface area contributed by atoms with E-state index in [0.717, 1.165) is 19.0 Å². The molecule has 0 bridgehead atoms. The first kappa shape index (κ1) is 28.1. The summed E-state index contributed by atoms with van der Waals surface area (Å²) in [7, 11) is 0. The Bertz CT molecular complexity index is 1690. The lowest BCUT2D eigenvalue weighted by Crippen LogP contribution is -2.33. The molecule has 0 aromatic carbocycles. The Hall–Kier alpha value is -3.07. The molecule has 4 aromatic heterocycles. The molecule has 0 spiro atoms. The zero-order valence-corrected chi connectivity index (χ0v) is 22.3. The maximum absolute atomic E-state index is 15.3. The lowest BCUT2D eigenvalue weighted by atomic mass is 10.1. The molecule has 2 aliphatic heterocycles. The smallest absolute Gasteiger partial charge is 0.325 e. The van der Waals surface area contributed by atoms with E-state index in [1.807, 2.05) is 0 Å². The second-order valence-corrected chi connectivity index (χ2v) is 12.0. The number of hydrogen-bond acceptors (Lipinski definition) is 14. The van der Waals surface area contributed by atoms with Crippen LogP contribution in [0, 0.1) is 0 Å². The Balaban J connectivity index is 1.18. The summed E-state index contributed by atoms with van der Waals surface area (Å²) < 4.78 is 54.7. The Morgan fingerprint density at radius 1 is 1.05 bits per heavy atom. The van der Waals surface area contributed by atoms with E-state index in [1.165, 1.54) is 15.5 Å². The standard InChI is InChI=1S/C20H22F2N9O8PS/c21-9-7(1-32)37-20(31-6-29-12-17(31)26-4-27-18(12)34)14(9)39-40(35,41)36-2-8-13(33)10(22)19(38-8)30-5-28-11-15(23)24-3-25-16(11)30/h3-10,13-14,19-20,32-33H,1-2H2,(H,35,41)(H2,23,24,25)(H,26,27,34)/t7-,8-,9+,10+,13-,14-,19-,20-,40?/m1/s1. The minimum Gasteiger partial charge on any atom is -0.394 e. The van der Waals surface area contributed by atoms with Crippen molar-refractivity contribution in [3.63, 3.8) is 0 Å². The van der Waals surface area contributed by atoms with Crippen LogP contribution in [0.3, 0.4) is 0 Å². The zero-order chi connectivity index (χ0) is 29.1. The Morgan fingerprint density at radius 2 is 1.73 bits per heavy atom. The fourth-order valence-electron chi connectivity index (χ4n) is 4.70. The van der Waals surface area contributed by atoms with Gasteiger partial charge < -0.3 is 39.8 Å². The number of nitrogens with two attached hydrogens (primary N) is 1. The normalized spacial score (nSPS) is 31.7. The van der Waals surface area contributed by atoms with Gasteiger partial charge in [0.25, 0.3) is 5.56 Å². The second kappa shape index (κ2) is 10.6. The minimum absolute atomic E-state index is 0.0202. The third-order valence-electron chi connectivity index (χ3n) is 6.70. The van der Waals surface area contributed by atoms with Crippen LogP contribution in [0.1, 0.15) is 12.5 Å². The molecule has 17 nitrogen and oxygen atoms in total. The largest absolute Gasteiger partial charge is 0.394 e. The SMILES string of the molecule is Nc1ncnc2c1ncn2[C@@H]1O[C@H](COP(O)(=S)O[C@@H]2[C@@H](F)[C@@H](CO)O[C@H]2n2cnc3c(=O)[nH]cnc32)[C@@H](O)[C@@H]1F. The summed E-state index contributed by atoms with van der Waals surface area (Å²) in [4.78, 5) is 45.0. The van der Waals surface area contributed by atoms with E-state index in [0.29, 0.717) is 0 Å². The number of anilines is 1. The van der Waals surface area contributed by atoms with Gasteiger partial charge in [0, 0.05) is 0 Å². The van der Waals surface area contributed by atoms with E-state index in [-0.39, 0.29) is 28.1 Å². The monoisotopic (exact) mass is 617 g/mol. The van der Waals surface area contributed by atoms with Crippen LogP contribution < -0.4 is 11.3 Å². The molecule has 9 atom stereocenters. The van der Waals surface area contributed by atoms with E-state index >= 15 is 8.78 Å². The predicted molar refractivity (Wildman–Crippen MR) is 136 cm³/mol. The first-order valence-electron chi connectivity index (χ1n) is 12.0. The third-order valence-corrected chi connectivity index (χ3v) is 8.26. The molecule has 4 aromatic rings. The van der Waals surface area contributed by atoms with Crippen molar-refractivity contribution in [2.75, 3.05) is 18.9 Å². The van der Waals surface area contributed by atoms with Crippen LogP contribution in [0.25, 0.3) is 22.3 Å². The molecule has 6 rings (SSSR count). The number of aliphatic hydroxyl groups is 2. The number of halogens is 2. The quantitative estimate of drug-likeness (QED) is 0.149. The first-order chi connectivity index (χ1) is 19.6. The molecule has 0 amide bonds. The van der Waals surface area contributed by atoms with E-state index in [4.69, 9.17) is 36.1 Å². The molecule has 0 aliphatic carbocycles. The van der Waals surface area contributed by atoms with Crippen molar-refractivity contribution >= 4 is 46.7 Å². The van der Waals surface area contributed by atoms with Crippen molar-refractivity contribution < 1.29 is 42.4 Å². The van der Waals surface area contributed by atoms with Gasteiger partial charge >= 0.3 is 6.72 Å². The number of nitrogens with one attached hydrogen (secondary N) is 1. The molecular formula is C20H22F2N9O8PS. The number of aliphatic hydroxyl groups excluding tert-OH is 2. The number of fused-ring (bicyclic) bond motifs is 2. The van der Waals surface area contributed by atoms with Gasteiger partial charge in [-0.1, -0.05) is 0 Å². The molecule has 1 unspecified atom stereocenters. The van der Waals surface area contributed by atoms with Gasteiger partial charge in [0.2, 0.25) is 0 Å². The predicted octanol–water partition coefficient (Wildman–Crippen LogP) is -1.02. The number of aromatic amines is 1. The van der Waals surface area contributed by atoms with Crippen LogP contribution in [0.2, 0.25) is 0 Å². The van der Waals surface area contributed by atoms with Gasteiger partial charge in [-0.15, -0.1) is 0 Å². The minimum atomic E-state index is -4.31. The Labute approximate surface area is 232 Å². The number of nitrogens with zero attached hydrogens (tertiary/aromatic N) is 7. The number of hydrogen-bond donors (Lipinski definition) is 5. The van der Waals surface area contributed by atoms with Gasteiger partial charge in [-0.25, -0.2) is 33.7 Å². The zero-order valence-electron chi connectivity index (χ0n) is 20.5. The second-order valence-electron chi connectivity index (χ2n) is 9.17. The summed E-state index contributed by atoms with van der Waals surface area (Å²) in [6.07, 6.45) is -8.13. The van der Waals surface area contributed by atoms with Crippen molar-refractivity contribution in [2.24, 2.45) is 0 Å². The number of nitrogen functional groups attached to an aromatic ring is 1. The Kier molecular flexibility index (Phi) is 7.29. The van der Waals surface area contributed by atoms with E-state index < -0.39 is 74.7 Å². The molecule has 2 fully saturated rings. The van der Waals surface area contributed by atoms with Gasteiger partial charge in [0.15, 0.2) is 47.4 Å². The lowest BCUT2D eigenvalue weighted by molar-refractivity contribution is -0.0553. The number of H-pyrrole nitrogens is 1. The maximum Gasteiger partial charge on any atom is 0.325 e. The number of alkyl halides is 2. The molecule has 6 N–H and O–H groups in total. The highest BCUT2D eigenvalue weighted by atomic mass is 32.5. The fraction of sp³-hybridized carbons (Fsp3) is 0.500. The molecule has 220 valence electrons. The van der Waals surface area contributed by atoms with E-state index in [1.54, 1.807) is 0 Å². The third kappa shape index (κ3) is 4.90. The molecule has 41 heavy (non-hydrogen) atoms. The van der Waals surface area contributed by atoms with Crippen LogP contribution >= 0.6 is 6.72 Å². The summed E-state index contributed by atoms with van der Waals surface area (Å²) in [6, 6.07) is 0. The van der Waals surface area contributed by atoms with Gasteiger partial charge in [-0.2, -0.15) is 0 Å². The van der Waals surface area contributed by atoms with Crippen LogP contribution in [0.5, 0.6) is 0 Å². The topological polar surface area (TPSA) is 231 Å². The molecule has 2 aliphatic rings. The highest BCUT2D eigenvalue weighted by molar-refractivity contribution is 8.07. The first-order valence-corrected chi connectivity index (χ1v) is 14.6. The molecule has 6 heterocycles. The van der Waals surface area contributed by atoms with Crippen LogP contribution in [0.4, 0.5) is 14.6 Å². The van der Waals surface area contributed by atoms with Crippen molar-refractivity contribution in [3.8, 4) is 0 Å². The van der Waals surface area contributed by atoms with Crippen LogP contribution in [0.15, 0.2) is 30.1 Å². The van der Waals surface area contributed by atoms with E-state index in [9.17, 15) is 19.9 Å². The summed E-state index contributed by atoms with van der Waals surface area (Å²) >= 11 is 5.06. The van der Waals surface area contributed by atoms with Crippen LogP contribution in [-0.4, -0.2) is 104 Å². The highest BCUT2D eigenvalue weighted by Crippen LogP contribution is 2.51. The highest BCUT2D eigenvalue weighted by Gasteiger charge is 2.50. The van der Waals surface area contributed by atoms with Crippen molar-refractivity contribution in [1.82, 2.24) is 39.0 Å².